The minimum absolute atomic E-state index is 0.0718. The first-order chi connectivity index (χ1) is 13.4. The van der Waals surface area contributed by atoms with E-state index in [9.17, 15) is 17.6 Å². The first-order valence-corrected chi connectivity index (χ1v) is 7.94. The minimum Gasteiger partial charge on any atom is -0.497 e. The second-order valence-corrected chi connectivity index (χ2v) is 5.48. The highest BCUT2D eigenvalue weighted by Gasteiger charge is 2.29. The second-order valence-electron chi connectivity index (χ2n) is 5.48. The number of methoxy groups -OCH3 is 2. The van der Waals surface area contributed by atoms with E-state index in [-0.39, 0.29) is 11.5 Å². The summed E-state index contributed by atoms with van der Waals surface area (Å²) < 4.78 is 77.4. The lowest BCUT2D eigenvalue weighted by atomic mass is 10.2. The number of benzene rings is 3. The van der Waals surface area contributed by atoms with Crippen molar-refractivity contribution in [1.29, 1.82) is 0 Å². The molecule has 0 unspecified atom stereocenters. The van der Waals surface area contributed by atoms with Crippen LogP contribution in [0.3, 0.4) is 0 Å². The van der Waals surface area contributed by atoms with Gasteiger partial charge in [0, 0.05) is 12.1 Å². The molecule has 3 rings (SSSR count). The van der Waals surface area contributed by atoms with Crippen molar-refractivity contribution in [3.63, 3.8) is 0 Å². The van der Waals surface area contributed by atoms with Crippen LogP contribution in [-0.4, -0.2) is 14.2 Å². The van der Waals surface area contributed by atoms with E-state index in [4.69, 9.17) is 18.9 Å². The van der Waals surface area contributed by atoms with E-state index >= 15 is 0 Å². The van der Waals surface area contributed by atoms with Crippen molar-refractivity contribution in [2.45, 2.75) is 0 Å². The van der Waals surface area contributed by atoms with Crippen molar-refractivity contribution in [2.75, 3.05) is 14.2 Å². The highest BCUT2D eigenvalue weighted by Crippen LogP contribution is 2.39. The lowest BCUT2D eigenvalue weighted by molar-refractivity contribution is 0.328. The van der Waals surface area contributed by atoms with E-state index in [1.807, 2.05) is 0 Å². The number of hydrogen-bond donors (Lipinski definition) is 0. The maximum absolute atomic E-state index is 14.4. The molecular formula is C20H14F4O4. The fourth-order valence-corrected chi connectivity index (χ4v) is 2.34. The summed E-state index contributed by atoms with van der Waals surface area (Å²) in [6.45, 7) is 0. The van der Waals surface area contributed by atoms with E-state index in [2.05, 4.69) is 0 Å². The van der Waals surface area contributed by atoms with Gasteiger partial charge in [0.15, 0.2) is 0 Å². The van der Waals surface area contributed by atoms with Gasteiger partial charge in [-0.2, -0.15) is 17.6 Å². The van der Waals surface area contributed by atoms with Gasteiger partial charge < -0.3 is 18.9 Å². The van der Waals surface area contributed by atoms with Gasteiger partial charge in [0.2, 0.25) is 34.8 Å². The number of ether oxygens (including phenoxy) is 4. The van der Waals surface area contributed by atoms with Gasteiger partial charge in [-0.15, -0.1) is 0 Å². The van der Waals surface area contributed by atoms with Crippen LogP contribution in [-0.2, 0) is 0 Å². The lowest BCUT2D eigenvalue weighted by Crippen LogP contribution is -2.04. The summed E-state index contributed by atoms with van der Waals surface area (Å²) in [6.07, 6.45) is 0. The molecule has 0 N–H and O–H groups in total. The van der Waals surface area contributed by atoms with Gasteiger partial charge in [-0.25, -0.2) is 0 Å². The van der Waals surface area contributed by atoms with Gasteiger partial charge in [0.25, 0.3) is 0 Å². The molecule has 0 saturated carbocycles. The Bertz CT molecular complexity index is 898. The van der Waals surface area contributed by atoms with Crippen molar-refractivity contribution >= 4 is 0 Å². The Morgan fingerprint density at radius 1 is 0.536 bits per heavy atom. The molecule has 0 radical (unpaired) electrons. The highest BCUT2D eigenvalue weighted by atomic mass is 19.2. The number of rotatable bonds is 6. The van der Waals surface area contributed by atoms with E-state index in [1.54, 1.807) is 12.1 Å². The molecule has 0 aliphatic carbocycles. The van der Waals surface area contributed by atoms with E-state index in [1.165, 1.54) is 50.6 Å². The predicted octanol–water partition coefficient (Wildman–Crippen LogP) is 5.84. The summed E-state index contributed by atoms with van der Waals surface area (Å²) in [5.74, 6) is -8.90. The van der Waals surface area contributed by atoms with Gasteiger partial charge in [0.1, 0.15) is 23.0 Å². The smallest absolute Gasteiger partial charge is 0.208 e. The molecule has 0 aliphatic rings. The van der Waals surface area contributed by atoms with Crippen LogP contribution in [0.5, 0.6) is 34.5 Å². The molecule has 0 bridgehead atoms. The Labute approximate surface area is 157 Å². The summed E-state index contributed by atoms with van der Waals surface area (Å²) in [5, 5.41) is 0. The van der Waals surface area contributed by atoms with Gasteiger partial charge in [-0.1, -0.05) is 12.1 Å². The van der Waals surface area contributed by atoms with Crippen molar-refractivity contribution in [3.8, 4) is 34.5 Å². The molecule has 3 aromatic carbocycles. The van der Waals surface area contributed by atoms with Crippen molar-refractivity contribution < 1.29 is 36.5 Å². The third kappa shape index (κ3) is 3.80. The van der Waals surface area contributed by atoms with Gasteiger partial charge in [-0.05, 0) is 24.3 Å². The summed E-state index contributed by atoms with van der Waals surface area (Å²) in [6, 6.07) is 11.4. The molecule has 0 fully saturated rings. The van der Waals surface area contributed by atoms with Gasteiger partial charge >= 0.3 is 0 Å². The Balaban J connectivity index is 1.98. The minimum atomic E-state index is -1.74. The fraction of sp³-hybridized carbons (Fsp3) is 0.100. The maximum atomic E-state index is 14.4. The van der Waals surface area contributed by atoms with Gasteiger partial charge in [0.05, 0.1) is 14.2 Å². The third-order valence-electron chi connectivity index (χ3n) is 3.71. The number of hydrogen-bond acceptors (Lipinski definition) is 4. The quantitative estimate of drug-likeness (QED) is 0.389. The molecule has 0 heterocycles. The van der Waals surface area contributed by atoms with Crippen LogP contribution in [0.25, 0.3) is 0 Å². The number of halogens is 4. The second kappa shape index (κ2) is 8.08. The molecule has 8 heteroatoms. The Hall–Kier alpha value is -3.42. The third-order valence-corrected chi connectivity index (χ3v) is 3.71. The predicted molar refractivity (Wildman–Crippen MR) is 92.4 cm³/mol. The molecule has 4 nitrogen and oxygen atoms in total. The Morgan fingerprint density at radius 2 is 0.857 bits per heavy atom. The Kier molecular flexibility index (Phi) is 5.58. The summed E-state index contributed by atoms with van der Waals surface area (Å²) in [7, 11) is 2.76. The van der Waals surface area contributed by atoms with Crippen LogP contribution in [0.2, 0.25) is 0 Å². The van der Waals surface area contributed by atoms with Crippen LogP contribution in [0.1, 0.15) is 0 Å². The van der Waals surface area contributed by atoms with Gasteiger partial charge in [-0.3, -0.25) is 0 Å². The van der Waals surface area contributed by atoms with Crippen LogP contribution < -0.4 is 18.9 Å². The monoisotopic (exact) mass is 394 g/mol. The van der Waals surface area contributed by atoms with Crippen molar-refractivity contribution in [2.24, 2.45) is 0 Å². The average Bonchev–Trinajstić information content (AvgIpc) is 2.73. The molecule has 146 valence electrons. The zero-order valence-corrected chi connectivity index (χ0v) is 14.8. The van der Waals surface area contributed by atoms with E-state index in [0.717, 1.165) is 0 Å². The SMILES string of the molecule is COc1cccc(Oc2c(F)c(F)c(Oc3cccc(OC)c3)c(F)c2F)c1. The first-order valence-electron chi connectivity index (χ1n) is 7.94. The Morgan fingerprint density at radius 3 is 1.18 bits per heavy atom. The van der Waals surface area contributed by atoms with Crippen LogP contribution in [0.15, 0.2) is 48.5 Å². The van der Waals surface area contributed by atoms with E-state index < -0.39 is 34.8 Å². The summed E-state index contributed by atoms with van der Waals surface area (Å²) in [5.41, 5.74) is 0. The van der Waals surface area contributed by atoms with Crippen molar-refractivity contribution in [3.05, 3.63) is 71.8 Å². The lowest BCUT2D eigenvalue weighted by Gasteiger charge is -2.14. The molecule has 0 aromatic heterocycles. The molecular weight excluding hydrogens is 380 g/mol. The van der Waals surface area contributed by atoms with Crippen LogP contribution in [0, 0.1) is 23.3 Å². The zero-order chi connectivity index (χ0) is 20.3. The van der Waals surface area contributed by atoms with Crippen LogP contribution in [0.4, 0.5) is 17.6 Å². The highest BCUT2D eigenvalue weighted by molar-refractivity contribution is 5.44. The molecule has 0 aliphatic heterocycles. The molecule has 28 heavy (non-hydrogen) atoms. The first kappa shape index (κ1) is 19.3. The average molecular weight is 394 g/mol. The van der Waals surface area contributed by atoms with E-state index in [0.29, 0.717) is 11.5 Å². The van der Waals surface area contributed by atoms with Crippen molar-refractivity contribution in [1.82, 2.24) is 0 Å². The standard InChI is InChI=1S/C20H14F4O4/c1-25-11-5-3-7-13(9-11)27-19-15(21)17(23)20(18(24)16(19)22)28-14-8-4-6-12(10-14)26-2/h3-10H,1-2H3. The molecule has 3 aromatic rings. The normalized spacial score (nSPS) is 10.5. The molecule has 0 atom stereocenters. The summed E-state index contributed by atoms with van der Waals surface area (Å²) in [4.78, 5) is 0. The maximum Gasteiger partial charge on any atom is 0.208 e. The molecule has 0 saturated heterocycles. The van der Waals surface area contributed by atoms with Crippen LogP contribution >= 0.6 is 0 Å². The molecule has 0 amide bonds. The fourth-order valence-electron chi connectivity index (χ4n) is 2.34. The zero-order valence-electron chi connectivity index (χ0n) is 14.8. The summed E-state index contributed by atoms with van der Waals surface area (Å²) >= 11 is 0. The topological polar surface area (TPSA) is 36.9 Å². The molecule has 0 spiro atoms. The largest absolute Gasteiger partial charge is 0.497 e.